The minimum atomic E-state index is -0.988. The van der Waals surface area contributed by atoms with E-state index in [2.05, 4.69) is 11.9 Å². The van der Waals surface area contributed by atoms with Gasteiger partial charge < -0.3 is 14.8 Å². The van der Waals surface area contributed by atoms with Crippen LogP contribution in [-0.4, -0.2) is 31.7 Å². The van der Waals surface area contributed by atoms with Crippen molar-refractivity contribution in [2.45, 2.75) is 39.2 Å². The predicted molar refractivity (Wildman–Crippen MR) is 119 cm³/mol. The number of benzene rings is 2. The van der Waals surface area contributed by atoms with Crippen molar-refractivity contribution in [3.05, 3.63) is 94.6 Å². The van der Waals surface area contributed by atoms with Crippen LogP contribution in [-0.2, 0) is 24.2 Å². The summed E-state index contributed by atoms with van der Waals surface area (Å²) in [5, 5.41) is 19.3. The molecule has 3 rings (SSSR count). The highest BCUT2D eigenvalue weighted by atomic mass is 16.4. The van der Waals surface area contributed by atoms with Crippen molar-refractivity contribution in [1.82, 2.24) is 9.55 Å². The Labute approximate surface area is 181 Å². The minimum Gasteiger partial charge on any atom is -0.478 e. The first-order valence-electron chi connectivity index (χ1n) is 10.3. The second-order valence-corrected chi connectivity index (χ2v) is 7.39. The van der Waals surface area contributed by atoms with Crippen LogP contribution >= 0.6 is 0 Å². The molecule has 1 heterocycles. The fourth-order valence-corrected chi connectivity index (χ4v) is 3.48. The Morgan fingerprint density at radius 1 is 1.03 bits per heavy atom. The first kappa shape index (κ1) is 22.0. The third-order valence-corrected chi connectivity index (χ3v) is 5.13. The Bertz CT molecular complexity index is 1080. The number of hydrogen-bond donors (Lipinski definition) is 2. The number of nitrogens with zero attached hydrogens (tertiary/aromatic N) is 2. The molecule has 0 bridgehead atoms. The highest BCUT2D eigenvalue weighted by molar-refractivity contribution is 5.92. The van der Waals surface area contributed by atoms with Crippen molar-refractivity contribution < 1.29 is 19.8 Å². The molecule has 6 heteroatoms. The van der Waals surface area contributed by atoms with Crippen LogP contribution in [0.5, 0.6) is 0 Å². The molecule has 0 saturated heterocycles. The molecule has 0 fully saturated rings. The summed E-state index contributed by atoms with van der Waals surface area (Å²) in [5.41, 5.74) is 2.70. The van der Waals surface area contributed by atoms with Crippen LogP contribution in [0.15, 0.2) is 66.4 Å². The van der Waals surface area contributed by atoms with Gasteiger partial charge in [0, 0.05) is 18.4 Å². The zero-order chi connectivity index (χ0) is 22.2. The summed E-state index contributed by atoms with van der Waals surface area (Å²) in [6.07, 6.45) is 6.27. The molecule has 0 saturated carbocycles. The van der Waals surface area contributed by atoms with Crippen molar-refractivity contribution in [1.29, 1.82) is 0 Å². The summed E-state index contributed by atoms with van der Waals surface area (Å²) in [7, 11) is 0. The van der Waals surface area contributed by atoms with Crippen molar-refractivity contribution in [3.8, 4) is 0 Å². The molecule has 0 unspecified atom stereocenters. The normalized spacial score (nSPS) is 11.5. The van der Waals surface area contributed by atoms with E-state index in [4.69, 9.17) is 0 Å². The molecule has 0 aliphatic rings. The Kier molecular flexibility index (Phi) is 7.38. The van der Waals surface area contributed by atoms with Gasteiger partial charge in [-0.15, -0.1) is 0 Å². The lowest BCUT2D eigenvalue weighted by Crippen LogP contribution is -2.12. The summed E-state index contributed by atoms with van der Waals surface area (Å²) >= 11 is 0. The van der Waals surface area contributed by atoms with E-state index >= 15 is 0 Å². The van der Waals surface area contributed by atoms with Gasteiger partial charge in [0.15, 0.2) is 0 Å². The quantitative estimate of drug-likeness (QED) is 0.466. The fourth-order valence-electron chi connectivity index (χ4n) is 3.48. The zero-order valence-corrected chi connectivity index (χ0v) is 17.5. The van der Waals surface area contributed by atoms with E-state index in [0.717, 1.165) is 30.7 Å². The number of aromatic carboxylic acids is 1. The summed E-state index contributed by atoms with van der Waals surface area (Å²) in [4.78, 5) is 28.1. The summed E-state index contributed by atoms with van der Waals surface area (Å²) in [6, 6.07) is 16.3. The van der Waals surface area contributed by atoms with Crippen LogP contribution in [0, 0.1) is 0 Å². The second-order valence-electron chi connectivity index (χ2n) is 7.39. The molecular formula is C25H26N2O4. The summed E-state index contributed by atoms with van der Waals surface area (Å²) in [5.74, 6) is -1.16. The molecule has 6 nitrogen and oxygen atoms in total. The maximum Gasteiger partial charge on any atom is 0.336 e. The second kappa shape index (κ2) is 10.4. The Morgan fingerprint density at radius 2 is 1.74 bits per heavy atom. The number of carbonyl (C=O) groups is 2. The maximum absolute atomic E-state index is 11.9. The van der Waals surface area contributed by atoms with Gasteiger partial charge in [-0.25, -0.2) is 14.6 Å². The highest BCUT2D eigenvalue weighted by Gasteiger charge is 2.16. The van der Waals surface area contributed by atoms with E-state index in [-0.39, 0.29) is 17.6 Å². The third-order valence-electron chi connectivity index (χ3n) is 5.13. The molecule has 0 radical (unpaired) electrons. The number of carboxylic acids is 2. The van der Waals surface area contributed by atoms with Crippen molar-refractivity contribution in [2.24, 2.45) is 0 Å². The van der Waals surface area contributed by atoms with Gasteiger partial charge in [0.1, 0.15) is 5.82 Å². The molecular weight excluding hydrogens is 392 g/mol. The minimum absolute atomic E-state index is 0.232. The third kappa shape index (κ3) is 5.69. The molecule has 2 N–H and O–H groups in total. The van der Waals surface area contributed by atoms with E-state index in [1.807, 2.05) is 34.9 Å². The smallest absolute Gasteiger partial charge is 0.336 e. The lowest BCUT2D eigenvalue weighted by molar-refractivity contribution is -0.132. The molecule has 0 spiro atoms. The standard InChI is InChI=1S/C25H26N2O4/c1-2-3-13-23-26-16-21(15-20(24(28)29)14-18-9-5-4-6-10-18)27(23)17-19-11-7-8-12-22(19)25(30)31/h4-12,15-16H,2-3,13-14,17H2,1H3,(H,28,29)(H,30,31)/b20-15+. The molecule has 0 atom stereocenters. The Hall–Kier alpha value is -3.67. The van der Waals surface area contributed by atoms with E-state index < -0.39 is 11.9 Å². The van der Waals surface area contributed by atoms with Gasteiger partial charge in [-0.05, 0) is 29.7 Å². The first-order chi connectivity index (χ1) is 15.0. The SMILES string of the molecule is CCCCc1ncc(/C=C(\Cc2ccccc2)C(=O)O)n1Cc1ccccc1C(=O)O. The molecule has 160 valence electrons. The van der Waals surface area contributed by atoms with Crippen LogP contribution in [0.1, 0.15) is 52.8 Å². The molecule has 31 heavy (non-hydrogen) atoms. The number of hydrogen-bond acceptors (Lipinski definition) is 3. The largest absolute Gasteiger partial charge is 0.478 e. The first-order valence-corrected chi connectivity index (χ1v) is 10.3. The number of aromatic nitrogens is 2. The lowest BCUT2D eigenvalue weighted by Gasteiger charge is -2.13. The fraction of sp³-hybridized carbons (Fsp3) is 0.240. The Morgan fingerprint density at radius 3 is 2.42 bits per heavy atom. The molecule has 0 aliphatic heterocycles. The number of carboxylic acid groups (broad SMARTS) is 2. The summed E-state index contributed by atoms with van der Waals surface area (Å²) < 4.78 is 1.92. The van der Waals surface area contributed by atoms with Gasteiger partial charge in [0.2, 0.25) is 0 Å². The van der Waals surface area contributed by atoms with E-state index in [0.29, 0.717) is 17.8 Å². The van der Waals surface area contributed by atoms with Crippen LogP contribution in [0.4, 0.5) is 0 Å². The van der Waals surface area contributed by atoms with E-state index in [1.54, 1.807) is 36.5 Å². The van der Waals surface area contributed by atoms with Gasteiger partial charge in [-0.2, -0.15) is 0 Å². The zero-order valence-electron chi connectivity index (χ0n) is 17.5. The van der Waals surface area contributed by atoms with Crippen LogP contribution < -0.4 is 0 Å². The van der Waals surface area contributed by atoms with Crippen LogP contribution in [0.3, 0.4) is 0 Å². The monoisotopic (exact) mass is 418 g/mol. The number of imidazole rings is 1. The van der Waals surface area contributed by atoms with Crippen molar-refractivity contribution in [3.63, 3.8) is 0 Å². The Balaban J connectivity index is 2.02. The van der Waals surface area contributed by atoms with Crippen molar-refractivity contribution in [2.75, 3.05) is 0 Å². The topological polar surface area (TPSA) is 92.4 Å². The van der Waals surface area contributed by atoms with E-state index in [9.17, 15) is 19.8 Å². The number of rotatable bonds is 10. The van der Waals surface area contributed by atoms with Gasteiger partial charge in [-0.3, -0.25) is 0 Å². The molecule has 0 amide bonds. The van der Waals surface area contributed by atoms with Crippen LogP contribution in [0.25, 0.3) is 6.08 Å². The van der Waals surface area contributed by atoms with Gasteiger partial charge in [0.25, 0.3) is 0 Å². The average Bonchev–Trinajstić information content (AvgIpc) is 3.13. The molecule has 3 aromatic rings. The molecule has 0 aliphatic carbocycles. The highest BCUT2D eigenvalue weighted by Crippen LogP contribution is 2.19. The van der Waals surface area contributed by atoms with Gasteiger partial charge in [0.05, 0.1) is 24.0 Å². The lowest BCUT2D eigenvalue weighted by atomic mass is 10.0. The van der Waals surface area contributed by atoms with Gasteiger partial charge in [-0.1, -0.05) is 61.9 Å². The number of unbranched alkanes of at least 4 members (excludes halogenated alkanes) is 1. The van der Waals surface area contributed by atoms with E-state index in [1.165, 1.54) is 0 Å². The number of aryl methyl sites for hydroxylation is 1. The maximum atomic E-state index is 11.9. The summed E-state index contributed by atoms with van der Waals surface area (Å²) in [6.45, 7) is 2.40. The molecule has 2 aromatic carbocycles. The predicted octanol–water partition coefficient (Wildman–Crippen LogP) is 4.68. The van der Waals surface area contributed by atoms with Gasteiger partial charge >= 0.3 is 11.9 Å². The van der Waals surface area contributed by atoms with Crippen LogP contribution in [0.2, 0.25) is 0 Å². The number of aliphatic carboxylic acids is 1. The molecule has 1 aromatic heterocycles. The van der Waals surface area contributed by atoms with Crippen molar-refractivity contribution >= 4 is 18.0 Å². The average molecular weight is 418 g/mol.